The first kappa shape index (κ1) is 3.33. The summed E-state index contributed by atoms with van der Waals surface area (Å²) in [5.74, 6) is -0.952. The van der Waals surface area contributed by atoms with E-state index in [0.717, 1.165) is 0 Å². The van der Waals surface area contributed by atoms with Crippen LogP contribution >= 0.6 is 0 Å². The molecule has 0 bridgehead atoms. The molecule has 0 heterocycles. The predicted octanol–water partition coefficient (Wildman–Crippen LogP) is 4.22. The third kappa shape index (κ3) is 0.898. The highest BCUT2D eigenvalue weighted by Gasteiger charge is 2.30. The second kappa shape index (κ2) is 2.85. The molecule has 2 unspecified atom stereocenters. The molecule has 2 aliphatic rings. The van der Waals surface area contributed by atoms with Crippen LogP contribution in [0.25, 0.3) is 17.2 Å². The van der Waals surface area contributed by atoms with Crippen molar-refractivity contribution in [3.8, 4) is 11.1 Å². The third-order valence-corrected chi connectivity index (χ3v) is 2.95. The zero-order chi connectivity index (χ0) is 19.2. The lowest BCUT2D eigenvalue weighted by Crippen LogP contribution is -2.00. The fourth-order valence-electron chi connectivity index (χ4n) is 2.28. The molecule has 4 rings (SSSR count). The molecule has 2 atom stereocenters. The van der Waals surface area contributed by atoms with Gasteiger partial charge in [0, 0.05) is 7.29 Å². The summed E-state index contributed by atoms with van der Waals surface area (Å²) < 4.78 is 81.3. The zero-order valence-corrected chi connectivity index (χ0v) is 8.15. The third-order valence-electron chi connectivity index (χ3n) is 2.95. The first-order valence-electron chi connectivity index (χ1n) is 10.0. The van der Waals surface area contributed by atoms with Gasteiger partial charge in [-0.05, 0) is 34.2 Å². The topological polar surface area (TPSA) is 0 Å². The Morgan fingerprint density at radius 3 is 2.94 bits per heavy atom. The van der Waals surface area contributed by atoms with Crippen LogP contribution in [-0.4, -0.2) is 0 Å². The molecule has 0 amide bonds. The van der Waals surface area contributed by atoms with Crippen LogP contribution in [0.5, 0.6) is 0 Å². The molecule has 2 aromatic carbocycles. The first-order chi connectivity index (χ1) is 12.1. The minimum absolute atomic E-state index is 0.0208. The number of fused-ring (bicyclic) bond motifs is 3. The Balaban J connectivity index is 2.29. The summed E-state index contributed by atoms with van der Waals surface area (Å²) in [5.41, 5.74) is 0.465. The standard InChI is InChI=1S/C16H12/c1-2-8-13-12(7-1)14-9-3-5-11-6-4-10-15(13)16(11)14/h1-9,15H,10H2/i1D,2D,3D,4D,5D,6D,7D,8D,9D,10D. The van der Waals surface area contributed by atoms with Crippen molar-refractivity contribution >= 4 is 6.05 Å². The van der Waals surface area contributed by atoms with Crippen LogP contribution in [0.3, 0.4) is 0 Å². The van der Waals surface area contributed by atoms with Crippen molar-refractivity contribution in [3.63, 3.8) is 0 Å². The van der Waals surface area contributed by atoms with Gasteiger partial charge in [-0.2, -0.15) is 0 Å². The quantitative estimate of drug-likeness (QED) is 0.616. The Bertz CT molecular complexity index is 1050. The van der Waals surface area contributed by atoms with Crippen molar-refractivity contribution in [1.82, 2.24) is 0 Å². The Labute approximate surface area is 109 Å². The lowest BCUT2D eigenvalue weighted by molar-refractivity contribution is 0.844. The average molecular weight is 214 g/mol. The van der Waals surface area contributed by atoms with Gasteiger partial charge in [-0.25, -0.2) is 0 Å². The van der Waals surface area contributed by atoms with Crippen LogP contribution < -0.4 is 0 Å². The van der Waals surface area contributed by atoms with Crippen LogP contribution in [0.15, 0.2) is 48.3 Å². The van der Waals surface area contributed by atoms with Crippen molar-refractivity contribution < 1.29 is 13.7 Å². The van der Waals surface area contributed by atoms with E-state index in [2.05, 4.69) is 0 Å². The van der Waals surface area contributed by atoms with E-state index in [-0.39, 0.29) is 64.1 Å². The van der Waals surface area contributed by atoms with Gasteiger partial charge in [-0.1, -0.05) is 54.4 Å². The smallest absolute Gasteiger partial charge is 0.0629 e. The van der Waals surface area contributed by atoms with Gasteiger partial charge in [0.1, 0.15) is 0 Å². The Kier molecular flexibility index (Phi) is 0.595. The largest absolute Gasteiger partial charge is 0.0830 e. The number of rotatable bonds is 0. The fourth-order valence-corrected chi connectivity index (χ4v) is 2.28. The summed E-state index contributed by atoms with van der Waals surface area (Å²) in [5, 5.41) is 0. The van der Waals surface area contributed by atoms with E-state index >= 15 is 0 Å². The molecule has 0 N–H and O–H groups in total. The molecule has 2 aliphatic carbocycles. The molecule has 0 fully saturated rings. The second-order valence-corrected chi connectivity index (χ2v) is 3.74. The summed E-state index contributed by atoms with van der Waals surface area (Å²) >= 11 is 0. The van der Waals surface area contributed by atoms with E-state index in [1.165, 1.54) is 0 Å². The monoisotopic (exact) mass is 214 g/mol. The minimum Gasteiger partial charge on any atom is -0.0830 e. The van der Waals surface area contributed by atoms with Crippen LogP contribution in [0.4, 0.5) is 0 Å². The van der Waals surface area contributed by atoms with Gasteiger partial charge in [0.25, 0.3) is 0 Å². The molecule has 0 heteroatoms. The Morgan fingerprint density at radius 2 is 1.94 bits per heavy atom. The molecule has 0 aromatic heterocycles. The molecular weight excluding hydrogens is 192 g/mol. The maximum absolute atomic E-state index is 8.36. The average Bonchev–Trinajstić information content (AvgIpc) is 2.96. The molecule has 0 nitrogen and oxygen atoms in total. The van der Waals surface area contributed by atoms with Crippen LogP contribution in [-0.2, 0) is 0 Å². The van der Waals surface area contributed by atoms with Gasteiger partial charge in [-0.3, -0.25) is 0 Å². The molecule has 2 aromatic rings. The Hall–Kier alpha value is -1.82. The van der Waals surface area contributed by atoms with Crippen molar-refractivity contribution in [2.75, 3.05) is 0 Å². The van der Waals surface area contributed by atoms with Gasteiger partial charge < -0.3 is 0 Å². The van der Waals surface area contributed by atoms with E-state index in [9.17, 15) is 0 Å². The van der Waals surface area contributed by atoms with Gasteiger partial charge in [-0.15, -0.1) is 0 Å². The molecule has 76 valence electrons. The maximum atomic E-state index is 8.36. The van der Waals surface area contributed by atoms with E-state index in [4.69, 9.17) is 13.7 Å². The summed E-state index contributed by atoms with van der Waals surface area (Å²) in [6.07, 6.45) is -1.27. The summed E-state index contributed by atoms with van der Waals surface area (Å²) in [7, 11) is 0. The van der Waals surface area contributed by atoms with Gasteiger partial charge in [0.05, 0.1) is 12.3 Å². The first-order valence-corrected chi connectivity index (χ1v) is 4.95. The Morgan fingerprint density at radius 1 is 1.06 bits per heavy atom. The van der Waals surface area contributed by atoms with Crippen LogP contribution in [0.2, 0.25) is 0 Å². The highest BCUT2D eigenvalue weighted by atomic mass is 14.3. The normalized spacial score (nSPS) is 34.0. The van der Waals surface area contributed by atoms with Crippen molar-refractivity contribution in [2.45, 2.75) is 12.3 Å². The molecule has 0 aliphatic heterocycles. The molecule has 0 saturated carbocycles. The van der Waals surface area contributed by atoms with Crippen LogP contribution in [0, 0.1) is 0 Å². The summed E-state index contributed by atoms with van der Waals surface area (Å²) in [4.78, 5) is 0. The van der Waals surface area contributed by atoms with E-state index in [0.29, 0.717) is 0 Å². The van der Waals surface area contributed by atoms with E-state index in [1.54, 1.807) is 0 Å². The maximum Gasteiger partial charge on any atom is 0.0629 e. The minimum atomic E-state index is -1.27. The number of allylic oxidation sites excluding steroid dienone is 1. The zero-order valence-electron chi connectivity index (χ0n) is 18.2. The van der Waals surface area contributed by atoms with Gasteiger partial charge in [0.15, 0.2) is 0 Å². The summed E-state index contributed by atoms with van der Waals surface area (Å²) in [6.45, 7) is 0. The van der Waals surface area contributed by atoms with Gasteiger partial charge >= 0.3 is 0 Å². The van der Waals surface area contributed by atoms with Gasteiger partial charge in [0.2, 0.25) is 0 Å². The number of hydrogen-bond donors (Lipinski definition) is 0. The molecule has 0 saturated heterocycles. The highest BCUT2D eigenvalue weighted by Crippen LogP contribution is 2.49. The molecule has 0 radical (unpaired) electrons. The molecule has 0 spiro atoms. The molecular formula is C16H12. The van der Waals surface area contributed by atoms with E-state index < -0.39 is 30.4 Å². The number of benzene rings is 2. The fraction of sp³-hybridized carbons (Fsp3) is 0.125. The predicted molar refractivity (Wildman–Crippen MR) is 67.4 cm³/mol. The van der Waals surface area contributed by atoms with Crippen molar-refractivity contribution in [2.24, 2.45) is 0 Å². The van der Waals surface area contributed by atoms with Crippen molar-refractivity contribution in [3.05, 3.63) is 65.0 Å². The SMILES string of the molecule is [2H]C1=C([2H])C([2H])C2c3c([2H])c([2H])c([2H])c([2H])c3-c3c([2H])c([2H])c([2H])c1c32. The van der Waals surface area contributed by atoms with Crippen LogP contribution in [0.1, 0.15) is 42.7 Å². The molecule has 16 heavy (non-hydrogen) atoms. The lowest BCUT2D eigenvalue weighted by atomic mass is 9.86. The highest BCUT2D eigenvalue weighted by molar-refractivity contribution is 5.83. The lowest BCUT2D eigenvalue weighted by Gasteiger charge is -2.17. The van der Waals surface area contributed by atoms with Crippen molar-refractivity contribution in [1.29, 1.82) is 0 Å². The summed E-state index contributed by atoms with van der Waals surface area (Å²) in [6, 6.07) is -3.57. The second-order valence-electron chi connectivity index (χ2n) is 3.74. The van der Waals surface area contributed by atoms with E-state index in [1.807, 2.05) is 0 Å². The number of hydrogen-bond acceptors (Lipinski definition) is 0.